The Hall–Kier alpha value is -2.57. The Labute approximate surface area is 139 Å². The van der Waals surface area contributed by atoms with Crippen molar-refractivity contribution in [1.82, 2.24) is 19.2 Å². The van der Waals surface area contributed by atoms with Gasteiger partial charge in [0, 0.05) is 19.6 Å². The second-order valence-corrected chi connectivity index (χ2v) is 6.39. The second kappa shape index (κ2) is 6.14. The van der Waals surface area contributed by atoms with Gasteiger partial charge in [0.2, 0.25) is 0 Å². The van der Waals surface area contributed by atoms with Crippen LogP contribution in [0, 0.1) is 5.92 Å². The summed E-state index contributed by atoms with van der Waals surface area (Å²) in [6, 6.07) is 9.27. The summed E-state index contributed by atoms with van der Waals surface area (Å²) in [6.07, 6.45) is 2.35. The minimum atomic E-state index is -0.0886. The van der Waals surface area contributed by atoms with Crippen molar-refractivity contribution in [2.24, 2.45) is 5.92 Å². The maximum absolute atomic E-state index is 12.3. The molecule has 2 heterocycles. The van der Waals surface area contributed by atoms with Crippen molar-refractivity contribution in [2.75, 3.05) is 13.2 Å². The molecule has 7 nitrogen and oxygen atoms in total. The van der Waals surface area contributed by atoms with Crippen LogP contribution in [0.5, 0.6) is 5.75 Å². The molecule has 1 saturated carbocycles. The third-order valence-electron chi connectivity index (χ3n) is 4.51. The lowest BCUT2D eigenvalue weighted by Gasteiger charge is -2.26. The Morgan fingerprint density at radius 3 is 2.75 bits per heavy atom. The topological polar surface area (TPSA) is 69.4 Å². The third kappa shape index (κ3) is 3.06. The van der Waals surface area contributed by atoms with Crippen molar-refractivity contribution in [3.05, 3.63) is 46.6 Å². The van der Waals surface area contributed by atoms with Crippen LogP contribution in [0.4, 0.5) is 0 Å². The molecule has 0 saturated heterocycles. The molecular weight excluding hydrogens is 308 g/mol. The summed E-state index contributed by atoms with van der Waals surface area (Å²) in [5.41, 5.74) is -0.0514. The highest BCUT2D eigenvalue weighted by atomic mass is 16.5. The number of para-hydroxylation sites is 1. The number of carbonyl (C=O) groups excluding carboxylic acids is 1. The molecule has 7 heteroatoms. The summed E-state index contributed by atoms with van der Waals surface area (Å²) < 4.78 is 8.76. The summed E-state index contributed by atoms with van der Waals surface area (Å²) in [5, 5.41) is 4.41. The van der Waals surface area contributed by atoms with Gasteiger partial charge in [-0.25, -0.2) is 9.48 Å². The maximum Gasteiger partial charge on any atom is 0.346 e. The van der Waals surface area contributed by atoms with Gasteiger partial charge in [0.1, 0.15) is 5.75 Å². The van der Waals surface area contributed by atoms with Gasteiger partial charge in [0.25, 0.3) is 5.91 Å². The van der Waals surface area contributed by atoms with Crippen LogP contribution in [0.25, 0.3) is 0 Å². The fourth-order valence-electron chi connectivity index (χ4n) is 2.93. The lowest BCUT2D eigenvalue weighted by Crippen LogP contribution is -2.42. The SMILES string of the molecule is O=C(COc1ccccc1)N1CCn2c(nn(CC3CC3)c2=O)C1. The molecule has 1 aliphatic heterocycles. The molecule has 4 rings (SSSR count). The summed E-state index contributed by atoms with van der Waals surface area (Å²) >= 11 is 0. The Balaban J connectivity index is 1.40. The predicted octanol–water partition coefficient (Wildman–Crippen LogP) is 0.876. The zero-order valence-corrected chi connectivity index (χ0v) is 13.4. The van der Waals surface area contributed by atoms with Gasteiger partial charge in [-0.2, -0.15) is 5.10 Å². The van der Waals surface area contributed by atoms with Crippen LogP contribution < -0.4 is 10.4 Å². The number of benzene rings is 1. The van der Waals surface area contributed by atoms with E-state index in [1.165, 1.54) is 12.8 Å². The Bertz CT molecular complexity index is 792. The molecule has 126 valence electrons. The number of hydrogen-bond donors (Lipinski definition) is 0. The first-order chi connectivity index (χ1) is 11.7. The molecule has 1 fully saturated rings. The molecule has 1 aliphatic carbocycles. The van der Waals surface area contributed by atoms with Gasteiger partial charge in [0.15, 0.2) is 12.4 Å². The van der Waals surface area contributed by atoms with Gasteiger partial charge in [-0.15, -0.1) is 0 Å². The zero-order valence-electron chi connectivity index (χ0n) is 13.4. The summed E-state index contributed by atoms with van der Waals surface area (Å²) in [4.78, 5) is 26.3. The van der Waals surface area contributed by atoms with E-state index in [1.54, 1.807) is 14.1 Å². The predicted molar refractivity (Wildman–Crippen MR) is 86.6 cm³/mol. The van der Waals surface area contributed by atoms with E-state index in [4.69, 9.17) is 4.74 Å². The summed E-state index contributed by atoms with van der Waals surface area (Å²) in [7, 11) is 0. The van der Waals surface area contributed by atoms with E-state index in [0.717, 1.165) is 0 Å². The number of fused-ring (bicyclic) bond motifs is 1. The van der Waals surface area contributed by atoms with Gasteiger partial charge in [-0.1, -0.05) is 18.2 Å². The number of ether oxygens (including phenoxy) is 1. The molecule has 0 spiro atoms. The van der Waals surface area contributed by atoms with E-state index in [0.29, 0.717) is 43.7 Å². The monoisotopic (exact) mass is 328 g/mol. The molecule has 24 heavy (non-hydrogen) atoms. The summed E-state index contributed by atoms with van der Waals surface area (Å²) in [6.45, 7) is 2.07. The maximum atomic E-state index is 12.3. The molecule has 0 N–H and O–H groups in total. The van der Waals surface area contributed by atoms with E-state index in [1.807, 2.05) is 30.3 Å². The highest BCUT2D eigenvalue weighted by Gasteiger charge is 2.28. The van der Waals surface area contributed by atoms with Gasteiger partial charge in [-0.05, 0) is 30.9 Å². The van der Waals surface area contributed by atoms with Gasteiger partial charge >= 0.3 is 5.69 Å². The third-order valence-corrected chi connectivity index (χ3v) is 4.51. The molecule has 1 amide bonds. The minimum Gasteiger partial charge on any atom is -0.484 e. The standard InChI is InChI=1S/C17H20N4O3/c22-16(12-24-14-4-2-1-3-5-14)19-8-9-20-15(11-19)18-21(17(20)23)10-13-6-7-13/h1-5,13H,6-12H2. The van der Waals surface area contributed by atoms with E-state index in [-0.39, 0.29) is 18.2 Å². The first kappa shape index (κ1) is 15.0. The van der Waals surface area contributed by atoms with E-state index in [9.17, 15) is 9.59 Å². The van der Waals surface area contributed by atoms with Gasteiger partial charge < -0.3 is 9.64 Å². The Morgan fingerprint density at radius 1 is 1.21 bits per heavy atom. The number of nitrogens with zero attached hydrogens (tertiary/aromatic N) is 4. The van der Waals surface area contributed by atoms with Crippen molar-refractivity contribution in [3.8, 4) is 5.75 Å². The van der Waals surface area contributed by atoms with Crippen molar-refractivity contribution in [2.45, 2.75) is 32.5 Å². The molecule has 1 aromatic heterocycles. The molecule has 0 radical (unpaired) electrons. The lowest BCUT2D eigenvalue weighted by molar-refractivity contribution is -0.134. The minimum absolute atomic E-state index is 0.00295. The van der Waals surface area contributed by atoms with Gasteiger partial charge in [0.05, 0.1) is 6.54 Å². The van der Waals surface area contributed by atoms with E-state index in [2.05, 4.69) is 5.10 Å². The molecule has 2 aromatic rings. The Morgan fingerprint density at radius 2 is 2.00 bits per heavy atom. The Kier molecular flexibility index (Phi) is 3.84. The largest absolute Gasteiger partial charge is 0.484 e. The van der Waals surface area contributed by atoms with E-state index < -0.39 is 0 Å². The van der Waals surface area contributed by atoms with Crippen LogP contribution in [0.1, 0.15) is 18.7 Å². The molecule has 0 unspecified atom stereocenters. The molecular formula is C17H20N4O3. The lowest BCUT2D eigenvalue weighted by atomic mass is 10.3. The van der Waals surface area contributed by atoms with Crippen LogP contribution in [-0.2, 0) is 24.4 Å². The quantitative estimate of drug-likeness (QED) is 0.817. The zero-order chi connectivity index (χ0) is 16.5. The average Bonchev–Trinajstić information content (AvgIpc) is 3.38. The number of amides is 1. The number of aromatic nitrogens is 3. The van der Waals surface area contributed by atoms with Gasteiger partial charge in [-0.3, -0.25) is 9.36 Å². The number of carbonyl (C=O) groups is 1. The highest BCUT2D eigenvalue weighted by Crippen LogP contribution is 2.29. The summed E-state index contributed by atoms with van der Waals surface area (Å²) in [5.74, 6) is 1.85. The van der Waals surface area contributed by atoms with Crippen LogP contribution in [0.2, 0.25) is 0 Å². The van der Waals surface area contributed by atoms with Crippen LogP contribution in [0.3, 0.4) is 0 Å². The molecule has 2 aliphatic rings. The van der Waals surface area contributed by atoms with Crippen molar-refractivity contribution >= 4 is 5.91 Å². The molecule has 0 atom stereocenters. The molecule has 0 bridgehead atoms. The van der Waals surface area contributed by atoms with Crippen LogP contribution in [-0.4, -0.2) is 38.3 Å². The van der Waals surface area contributed by atoms with E-state index >= 15 is 0 Å². The van der Waals surface area contributed by atoms with Crippen molar-refractivity contribution in [3.63, 3.8) is 0 Å². The highest BCUT2D eigenvalue weighted by molar-refractivity contribution is 5.77. The smallest absolute Gasteiger partial charge is 0.346 e. The molecule has 1 aromatic carbocycles. The first-order valence-corrected chi connectivity index (χ1v) is 8.33. The normalized spacial score (nSPS) is 16.8. The number of hydrogen-bond acceptors (Lipinski definition) is 4. The van der Waals surface area contributed by atoms with Crippen LogP contribution >= 0.6 is 0 Å². The number of rotatable bonds is 5. The first-order valence-electron chi connectivity index (χ1n) is 8.33. The fourth-order valence-corrected chi connectivity index (χ4v) is 2.93. The second-order valence-electron chi connectivity index (χ2n) is 6.39. The van der Waals surface area contributed by atoms with Crippen molar-refractivity contribution < 1.29 is 9.53 Å². The van der Waals surface area contributed by atoms with Crippen LogP contribution in [0.15, 0.2) is 35.1 Å². The fraction of sp³-hybridized carbons (Fsp3) is 0.471. The average molecular weight is 328 g/mol. The van der Waals surface area contributed by atoms with Crippen molar-refractivity contribution in [1.29, 1.82) is 0 Å².